The molecule has 128 valence electrons. The second-order valence-corrected chi connectivity index (χ2v) is 5.07. The lowest BCUT2D eigenvalue weighted by Gasteiger charge is -2.12. The highest BCUT2D eigenvalue weighted by molar-refractivity contribution is 6.31. The van der Waals surface area contributed by atoms with Gasteiger partial charge in [0.2, 0.25) is 11.8 Å². The number of aromatic nitrogens is 2. The Balaban J connectivity index is 2.16. The summed E-state index contributed by atoms with van der Waals surface area (Å²) in [5.41, 5.74) is 0.402. The summed E-state index contributed by atoms with van der Waals surface area (Å²) in [6.45, 7) is 4.35. The van der Waals surface area contributed by atoms with Crippen LogP contribution in [0.3, 0.4) is 0 Å². The van der Waals surface area contributed by atoms with Gasteiger partial charge in [0.1, 0.15) is 11.5 Å². The van der Waals surface area contributed by atoms with Gasteiger partial charge < -0.3 is 14.8 Å². The highest BCUT2D eigenvalue weighted by Crippen LogP contribution is 2.24. The lowest BCUT2D eigenvalue weighted by molar-refractivity contribution is -0.115. The Labute approximate surface area is 144 Å². The number of nitrogens with one attached hydrogen (secondary N) is 1. The van der Waals surface area contributed by atoms with E-state index in [4.69, 9.17) is 21.1 Å². The number of benzene rings is 1. The van der Waals surface area contributed by atoms with Crippen LogP contribution in [0.4, 0.5) is 10.1 Å². The van der Waals surface area contributed by atoms with E-state index in [9.17, 15) is 9.18 Å². The molecule has 2 aromatic rings. The van der Waals surface area contributed by atoms with Gasteiger partial charge in [-0.3, -0.25) is 4.79 Å². The predicted octanol–water partition coefficient (Wildman–Crippen LogP) is 3.25. The average Bonchev–Trinajstić information content (AvgIpc) is 2.54. The van der Waals surface area contributed by atoms with Gasteiger partial charge in [-0.1, -0.05) is 17.7 Å². The molecule has 1 N–H and O–H groups in total. The summed E-state index contributed by atoms with van der Waals surface area (Å²) in [5.74, 6) is -0.815. The van der Waals surface area contributed by atoms with Crippen LogP contribution in [-0.4, -0.2) is 29.1 Å². The van der Waals surface area contributed by atoms with E-state index in [0.717, 1.165) is 0 Å². The van der Waals surface area contributed by atoms with E-state index in [2.05, 4.69) is 15.3 Å². The van der Waals surface area contributed by atoms with Gasteiger partial charge in [0.25, 0.3) is 0 Å². The maximum absolute atomic E-state index is 13.8. The number of nitrogens with zero attached hydrogens (tertiary/aromatic N) is 2. The Bertz CT molecular complexity index is 707. The zero-order chi connectivity index (χ0) is 17.5. The summed E-state index contributed by atoms with van der Waals surface area (Å²) in [5, 5.41) is 2.79. The van der Waals surface area contributed by atoms with Crippen LogP contribution >= 0.6 is 11.6 Å². The molecule has 0 aliphatic carbocycles. The molecule has 6 nitrogen and oxygen atoms in total. The van der Waals surface area contributed by atoms with Crippen molar-refractivity contribution in [3.05, 3.63) is 40.8 Å². The molecule has 24 heavy (non-hydrogen) atoms. The monoisotopic (exact) mass is 353 g/mol. The van der Waals surface area contributed by atoms with Gasteiger partial charge in [0, 0.05) is 10.6 Å². The maximum atomic E-state index is 13.8. The number of amides is 1. The van der Waals surface area contributed by atoms with E-state index >= 15 is 0 Å². The molecule has 1 aromatic heterocycles. The topological polar surface area (TPSA) is 73.3 Å². The molecule has 0 fully saturated rings. The fraction of sp³-hybridized carbons (Fsp3) is 0.312. The van der Waals surface area contributed by atoms with Crippen LogP contribution in [0.5, 0.6) is 11.9 Å². The second kappa shape index (κ2) is 8.44. The van der Waals surface area contributed by atoms with Crippen molar-refractivity contribution in [3.8, 4) is 11.9 Å². The Hall–Kier alpha value is -2.41. The average molecular weight is 354 g/mol. The third-order valence-electron chi connectivity index (χ3n) is 2.96. The van der Waals surface area contributed by atoms with Crippen LogP contribution in [0, 0.1) is 5.82 Å². The number of rotatable bonds is 7. The molecule has 0 aliphatic heterocycles. The van der Waals surface area contributed by atoms with Crippen molar-refractivity contribution >= 4 is 23.2 Å². The zero-order valence-electron chi connectivity index (χ0n) is 13.3. The van der Waals surface area contributed by atoms with Gasteiger partial charge in [-0.15, -0.1) is 0 Å². The molecule has 8 heteroatoms. The Kier molecular flexibility index (Phi) is 6.31. The number of hydrogen-bond donors (Lipinski definition) is 1. The Morgan fingerprint density at radius 2 is 2.04 bits per heavy atom. The van der Waals surface area contributed by atoms with Crippen molar-refractivity contribution in [1.29, 1.82) is 0 Å². The fourth-order valence-electron chi connectivity index (χ4n) is 1.94. The van der Waals surface area contributed by atoms with Gasteiger partial charge in [0.05, 0.1) is 25.8 Å². The van der Waals surface area contributed by atoms with Crippen LogP contribution in [0.2, 0.25) is 5.02 Å². The van der Waals surface area contributed by atoms with E-state index < -0.39 is 11.7 Å². The smallest absolute Gasteiger partial charge is 0.319 e. The molecule has 0 radical (unpaired) electrons. The Morgan fingerprint density at radius 3 is 2.71 bits per heavy atom. The van der Waals surface area contributed by atoms with Crippen LogP contribution in [0.25, 0.3) is 0 Å². The molecule has 1 heterocycles. The van der Waals surface area contributed by atoms with Gasteiger partial charge >= 0.3 is 6.01 Å². The van der Waals surface area contributed by atoms with Crippen LogP contribution in [0.15, 0.2) is 24.4 Å². The van der Waals surface area contributed by atoms with Crippen molar-refractivity contribution in [2.45, 2.75) is 20.3 Å². The highest BCUT2D eigenvalue weighted by atomic mass is 35.5. The normalized spacial score (nSPS) is 10.3. The summed E-state index contributed by atoms with van der Waals surface area (Å²) in [4.78, 5) is 20.2. The summed E-state index contributed by atoms with van der Waals surface area (Å²) < 4.78 is 24.3. The lowest BCUT2D eigenvalue weighted by atomic mass is 10.1. The minimum absolute atomic E-state index is 0.126. The third-order valence-corrected chi connectivity index (χ3v) is 3.31. The summed E-state index contributed by atoms with van der Waals surface area (Å²) in [6, 6.07) is 4.40. The standard InChI is InChI=1S/C16H17ClFN3O3/c1-3-23-15-13(9-19-16(21-15)24-4-2)20-14(22)8-10-11(17)6-5-7-12(10)18/h5-7,9H,3-4,8H2,1-2H3,(H,20,22). The van der Waals surface area contributed by atoms with Gasteiger partial charge in [-0.05, 0) is 26.0 Å². The van der Waals surface area contributed by atoms with Crippen molar-refractivity contribution < 1.29 is 18.7 Å². The first-order valence-corrected chi connectivity index (χ1v) is 7.78. The van der Waals surface area contributed by atoms with E-state index in [-0.39, 0.29) is 34.6 Å². The molecular weight excluding hydrogens is 337 g/mol. The van der Waals surface area contributed by atoms with E-state index in [1.807, 2.05) is 0 Å². The molecule has 0 unspecified atom stereocenters. The quantitative estimate of drug-likeness (QED) is 0.827. The summed E-state index contributed by atoms with van der Waals surface area (Å²) in [6.07, 6.45) is 1.16. The lowest BCUT2D eigenvalue weighted by Crippen LogP contribution is -2.17. The van der Waals surface area contributed by atoms with Crippen molar-refractivity contribution in [3.63, 3.8) is 0 Å². The minimum Gasteiger partial charge on any atom is -0.476 e. The molecule has 0 saturated carbocycles. The summed E-state index contributed by atoms with van der Waals surface area (Å²) in [7, 11) is 0. The number of carbonyl (C=O) groups is 1. The van der Waals surface area contributed by atoms with Crippen LogP contribution < -0.4 is 14.8 Å². The van der Waals surface area contributed by atoms with Gasteiger partial charge in [0.15, 0.2) is 0 Å². The molecule has 0 atom stereocenters. The van der Waals surface area contributed by atoms with E-state index in [1.54, 1.807) is 13.8 Å². The number of halogens is 2. The fourth-order valence-corrected chi connectivity index (χ4v) is 2.17. The SMILES string of the molecule is CCOc1ncc(NC(=O)Cc2c(F)cccc2Cl)c(OCC)n1. The van der Waals surface area contributed by atoms with Crippen molar-refractivity contribution in [1.82, 2.24) is 9.97 Å². The van der Waals surface area contributed by atoms with E-state index in [0.29, 0.717) is 13.2 Å². The molecular formula is C16H17ClFN3O3. The first kappa shape index (κ1) is 17.9. The Morgan fingerprint density at radius 1 is 1.29 bits per heavy atom. The molecule has 0 aliphatic rings. The molecule has 2 rings (SSSR count). The van der Waals surface area contributed by atoms with Gasteiger partial charge in [-0.2, -0.15) is 4.98 Å². The minimum atomic E-state index is -0.536. The molecule has 0 spiro atoms. The first-order chi connectivity index (χ1) is 11.5. The number of carbonyl (C=O) groups excluding carboxylic acids is 1. The highest BCUT2D eigenvalue weighted by Gasteiger charge is 2.15. The number of anilines is 1. The van der Waals surface area contributed by atoms with Crippen LogP contribution in [0.1, 0.15) is 19.4 Å². The molecule has 1 amide bonds. The number of hydrogen-bond acceptors (Lipinski definition) is 5. The van der Waals surface area contributed by atoms with Crippen LogP contribution in [-0.2, 0) is 11.2 Å². The van der Waals surface area contributed by atoms with Gasteiger partial charge in [-0.25, -0.2) is 9.37 Å². The maximum Gasteiger partial charge on any atom is 0.319 e. The van der Waals surface area contributed by atoms with E-state index in [1.165, 1.54) is 24.4 Å². The third kappa shape index (κ3) is 4.55. The number of ether oxygens (including phenoxy) is 2. The van der Waals surface area contributed by atoms with Crippen molar-refractivity contribution in [2.75, 3.05) is 18.5 Å². The summed E-state index contributed by atoms with van der Waals surface area (Å²) >= 11 is 5.93. The van der Waals surface area contributed by atoms with Crippen molar-refractivity contribution in [2.24, 2.45) is 0 Å². The molecule has 0 bridgehead atoms. The molecule has 1 aromatic carbocycles. The molecule has 0 saturated heterocycles. The zero-order valence-corrected chi connectivity index (χ0v) is 14.1. The first-order valence-electron chi connectivity index (χ1n) is 7.40. The largest absolute Gasteiger partial charge is 0.476 e. The second-order valence-electron chi connectivity index (χ2n) is 4.66. The predicted molar refractivity (Wildman–Crippen MR) is 88.1 cm³/mol.